The highest BCUT2D eigenvalue weighted by Crippen LogP contribution is 1.94. The monoisotopic (exact) mass is 171 g/mol. The summed E-state index contributed by atoms with van der Waals surface area (Å²) in [7, 11) is 0. The fourth-order valence-corrected chi connectivity index (χ4v) is 0.757. The van der Waals surface area contributed by atoms with Crippen LogP contribution in [0.3, 0.4) is 0 Å². The molecule has 3 heteroatoms. The highest BCUT2D eigenvalue weighted by Gasteiger charge is 1.98. The van der Waals surface area contributed by atoms with Crippen molar-refractivity contribution in [2.24, 2.45) is 5.73 Å². The van der Waals surface area contributed by atoms with Crippen LogP contribution in [0, 0.1) is 12.3 Å². The Labute approximate surface area is 74.2 Å². The van der Waals surface area contributed by atoms with Gasteiger partial charge in [-0.3, -0.25) is 0 Å². The van der Waals surface area contributed by atoms with Crippen molar-refractivity contribution in [2.45, 2.75) is 19.4 Å². The number of ether oxygens (including phenoxy) is 2. The molecule has 0 saturated heterocycles. The largest absolute Gasteiger partial charge is 0.376 e. The van der Waals surface area contributed by atoms with Gasteiger partial charge in [-0.05, 0) is 19.9 Å². The second kappa shape index (κ2) is 8.54. The van der Waals surface area contributed by atoms with Crippen molar-refractivity contribution in [1.29, 1.82) is 0 Å². The number of hydrogen-bond acceptors (Lipinski definition) is 3. The summed E-state index contributed by atoms with van der Waals surface area (Å²) < 4.78 is 10.4. The van der Waals surface area contributed by atoms with Crippen LogP contribution < -0.4 is 5.73 Å². The minimum absolute atomic E-state index is 0.212. The molecule has 0 bridgehead atoms. The Bertz CT molecular complexity index is 131. The topological polar surface area (TPSA) is 44.5 Å². The van der Waals surface area contributed by atoms with Crippen molar-refractivity contribution in [2.75, 3.05) is 26.4 Å². The van der Waals surface area contributed by atoms with E-state index in [0.717, 1.165) is 6.42 Å². The second-order valence-electron chi connectivity index (χ2n) is 2.52. The van der Waals surface area contributed by atoms with Gasteiger partial charge in [-0.1, -0.05) is 5.92 Å². The Balaban J connectivity index is 3.04. The lowest BCUT2D eigenvalue weighted by molar-refractivity contribution is 0.0175. The van der Waals surface area contributed by atoms with Crippen LogP contribution in [0.4, 0.5) is 0 Å². The van der Waals surface area contributed by atoms with Crippen LogP contribution in [0.15, 0.2) is 0 Å². The molecule has 3 nitrogen and oxygen atoms in total. The Morgan fingerprint density at radius 2 is 2.25 bits per heavy atom. The lowest BCUT2D eigenvalue weighted by Gasteiger charge is -2.10. The second-order valence-corrected chi connectivity index (χ2v) is 2.52. The van der Waals surface area contributed by atoms with Crippen LogP contribution in [0.25, 0.3) is 0 Å². The van der Waals surface area contributed by atoms with Crippen LogP contribution in [-0.4, -0.2) is 32.5 Å². The van der Waals surface area contributed by atoms with E-state index in [-0.39, 0.29) is 6.10 Å². The first-order valence-electron chi connectivity index (χ1n) is 4.14. The summed E-state index contributed by atoms with van der Waals surface area (Å²) in [4.78, 5) is 0. The highest BCUT2D eigenvalue weighted by atomic mass is 16.5. The predicted molar refractivity (Wildman–Crippen MR) is 48.7 cm³/mol. The summed E-state index contributed by atoms with van der Waals surface area (Å²) in [6.45, 7) is 4.15. The summed E-state index contributed by atoms with van der Waals surface area (Å²) in [5.74, 6) is 2.38. The normalized spacial score (nSPS) is 12.4. The van der Waals surface area contributed by atoms with Crippen molar-refractivity contribution in [3.63, 3.8) is 0 Å². The summed E-state index contributed by atoms with van der Waals surface area (Å²) in [5, 5.41) is 0. The molecule has 1 unspecified atom stereocenters. The molecule has 0 rings (SSSR count). The van der Waals surface area contributed by atoms with E-state index in [1.165, 1.54) is 0 Å². The van der Waals surface area contributed by atoms with Gasteiger partial charge in [0.05, 0.1) is 19.3 Å². The molecular formula is C9H17NO2. The molecule has 0 radical (unpaired) electrons. The SMILES string of the molecule is C#CCOCCOC(C)CCN. The molecule has 1 atom stereocenters. The third-order valence-corrected chi connectivity index (χ3v) is 1.39. The smallest absolute Gasteiger partial charge is 0.107 e. The minimum Gasteiger partial charge on any atom is -0.376 e. The van der Waals surface area contributed by atoms with Gasteiger partial charge in [0.25, 0.3) is 0 Å². The molecule has 70 valence electrons. The highest BCUT2D eigenvalue weighted by molar-refractivity contribution is 4.82. The zero-order valence-corrected chi connectivity index (χ0v) is 7.58. The van der Waals surface area contributed by atoms with E-state index in [9.17, 15) is 0 Å². The van der Waals surface area contributed by atoms with Crippen molar-refractivity contribution in [1.82, 2.24) is 0 Å². The standard InChI is InChI=1S/C9H17NO2/c1-3-6-11-7-8-12-9(2)4-5-10/h1,9H,4-8,10H2,2H3. The van der Waals surface area contributed by atoms with Gasteiger partial charge in [0.15, 0.2) is 0 Å². The first-order chi connectivity index (χ1) is 5.81. The molecule has 12 heavy (non-hydrogen) atoms. The number of nitrogens with two attached hydrogens (primary N) is 1. The molecular weight excluding hydrogens is 154 g/mol. The molecule has 0 aromatic rings. The average Bonchev–Trinajstić information content (AvgIpc) is 2.05. The van der Waals surface area contributed by atoms with Crippen LogP contribution in [0.5, 0.6) is 0 Å². The van der Waals surface area contributed by atoms with E-state index in [0.29, 0.717) is 26.4 Å². The Morgan fingerprint density at radius 3 is 2.83 bits per heavy atom. The summed E-state index contributed by atoms with van der Waals surface area (Å²) in [6.07, 6.45) is 6.08. The Hall–Kier alpha value is -0.560. The average molecular weight is 171 g/mol. The van der Waals surface area contributed by atoms with Gasteiger partial charge in [-0.2, -0.15) is 0 Å². The molecule has 0 fully saturated rings. The lowest BCUT2D eigenvalue weighted by atomic mass is 10.3. The van der Waals surface area contributed by atoms with Gasteiger partial charge < -0.3 is 15.2 Å². The molecule has 0 spiro atoms. The van der Waals surface area contributed by atoms with Crippen LogP contribution >= 0.6 is 0 Å². The lowest BCUT2D eigenvalue weighted by Crippen LogP contribution is -2.16. The quantitative estimate of drug-likeness (QED) is 0.445. The van der Waals surface area contributed by atoms with Crippen molar-refractivity contribution in [3.05, 3.63) is 0 Å². The van der Waals surface area contributed by atoms with E-state index in [4.69, 9.17) is 21.6 Å². The molecule has 0 aliphatic heterocycles. The van der Waals surface area contributed by atoms with Crippen LogP contribution in [0.2, 0.25) is 0 Å². The first-order valence-corrected chi connectivity index (χ1v) is 4.14. The fraction of sp³-hybridized carbons (Fsp3) is 0.778. The van der Waals surface area contributed by atoms with Gasteiger partial charge in [-0.25, -0.2) is 0 Å². The van der Waals surface area contributed by atoms with E-state index in [1.54, 1.807) is 0 Å². The maximum absolute atomic E-state index is 5.36. The van der Waals surface area contributed by atoms with Crippen LogP contribution in [0.1, 0.15) is 13.3 Å². The maximum atomic E-state index is 5.36. The molecule has 0 heterocycles. The molecule has 0 aliphatic rings. The zero-order chi connectivity index (χ0) is 9.23. The van der Waals surface area contributed by atoms with Gasteiger partial charge >= 0.3 is 0 Å². The summed E-state index contributed by atoms with van der Waals surface area (Å²) in [6, 6.07) is 0. The van der Waals surface area contributed by atoms with Gasteiger partial charge in [0, 0.05) is 0 Å². The predicted octanol–water partition coefficient (Wildman–Crippen LogP) is 0.390. The van der Waals surface area contributed by atoms with Crippen LogP contribution in [-0.2, 0) is 9.47 Å². The van der Waals surface area contributed by atoms with E-state index in [1.807, 2.05) is 6.92 Å². The maximum Gasteiger partial charge on any atom is 0.107 e. The third-order valence-electron chi connectivity index (χ3n) is 1.39. The Morgan fingerprint density at radius 1 is 1.50 bits per heavy atom. The number of hydrogen-bond donors (Lipinski definition) is 1. The van der Waals surface area contributed by atoms with E-state index in [2.05, 4.69) is 5.92 Å². The van der Waals surface area contributed by atoms with E-state index < -0.39 is 0 Å². The van der Waals surface area contributed by atoms with Crippen molar-refractivity contribution >= 4 is 0 Å². The fourth-order valence-electron chi connectivity index (χ4n) is 0.757. The molecule has 2 N–H and O–H groups in total. The van der Waals surface area contributed by atoms with Crippen molar-refractivity contribution < 1.29 is 9.47 Å². The minimum atomic E-state index is 0.212. The van der Waals surface area contributed by atoms with Gasteiger partial charge in [-0.15, -0.1) is 6.42 Å². The van der Waals surface area contributed by atoms with Crippen molar-refractivity contribution in [3.8, 4) is 12.3 Å². The third kappa shape index (κ3) is 7.55. The Kier molecular flexibility index (Phi) is 8.14. The number of terminal acetylenes is 1. The zero-order valence-electron chi connectivity index (χ0n) is 7.58. The molecule has 0 amide bonds. The molecule has 0 aromatic heterocycles. The molecule has 0 aromatic carbocycles. The molecule has 0 aliphatic carbocycles. The summed E-state index contributed by atoms with van der Waals surface area (Å²) in [5.41, 5.74) is 5.34. The van der Waals surface area contributed by atoms with E-state index >= 15 is 0 Å². The van der Waals surface area contributed by atoms with Gasteiger partial charge in [0.1, 0.15) is 6.61 Å². The number of rotatable bonds is 7. The van der Waals surface area contributed by atoms with Gasteiger partial charge in [0.2, 0.25) is 0 Å². The summed E-state index contributed by atoms with van der Waals surface area (Å²) >= 11 is 0. The molecule has 0 saturated carbocycles. The first kappa shape index (κ1) is 11.4.